The zero-order valence-corrected chi connectivity index (χ0v) is 14.8. The average Bonchev–Trinajstić information content (AvgIpc) is 3.03. The molecule has 1 aliphatic rings. The summed E-state index contributed by atoms with van der Waals surface area (Å²) in [5, 5.41) is 0. The Morgan fingerprint density at radius 2 is 1.76 bits per heavy atom. The summed E-state index contributed by atoms with van der Waals surface area (Å²) in [4.78, 5) is 28.6. The minimum absolute atomic E-state index is 0.0238. The number of nitrogens with zero attached hydrogens (tertiary/aromatic N) is 2. The second-order valence-corrected chi connectivity index (χ2v) is 6.61. The molecule has 0 radical (unpaired) electrons. The van der Waals surface area contributed by atoms with E-state index < -0.39 is 0 Å². The Morgan fingerprint density at radius 3 is 2.40 bits per heavy atom. The first-order valence-corrected chi connectivity index (χ1v) is 8.76. The Hall–Kier alpha value is -2.62. The van der Waals surface area contributed by atoms with Gasteiger partial charge in [0.2, 0.25) is 11.8 Å². The van der Waals surface area contributed by atoms with Gasteiger partial charge in [-0.2, -0.15) is 0 Å². The highest BCUT2D eigenvalue weighted by atomic mass is 16.2. The van der Waals surface area contributed by atoms with E-state index in [9.17, 15) is 9.59 Å². The van der Waals surface area contributed by atoms with Gasteiger partial charge in [0.1, 0.15) is 0 Å². The molecule has 1 aliphatic heterocycles. The third-order valence-electron chi connectivity index (χ3n) is 4.77. The van der Waals surface area contributed by atoms with E-state index in [4.69, 9.17) is 0 Å². The molecular weight excluding hydrogens is 312 g/mol. The second kappa shape index (κ2) is 7.51. The molecule has 2 aromatic carbocycles. The van der Waals surface area contributed by atoms with E-state index in [0.717, 1.165) is 17.7 Å². The number of hydrogen-bond donors (Lipinski definition) is 0. The van der Waals surface area contributed by atoms with Crippen LogP contribution in [0.4, 0.5) is 5.69 Å². The fraction of sp³-hybridized carbons (Fsp3) is 0.333. The summed E-state index contributed by atoms with van der Waals surface area (Å²) in [7, 11) is 1.80. The van der Waals surface area contributed by atoms with Crippen molar-refractivity contribution in [1.29, 1.82) is 0 Å². The SMILES string of the molecule is CCc1ccc(N2C[C@H](C(=O)N(C)Cc3ccccc3)CC2=O)cc1. The van der Waals surface area contributed by atoms with Crippen molar-refractivity contribution in [2.24, 2.45) is 5.92 Å². The normalized spacial score (nSPS) is 17.0. The van der Waals surface area contributed by atoms with Crippen LogP contribution in [0, 0.1) is 5.92 Å². The standard InChI is InChI=1S/C21H24N2O2/c1-3-16-9-11-19(12-10-16)23-15-18(13-20(23)24)21(25)22(2)14-17-7-5-4-6-8-17/h4-12,18H,3,13-15H2,1-2H3/t18-/m1/s1. The van der Waals surface area contributed by atoms with Crippen LogP contribution in [0.3, 0.4) is 0 Å². The van der Waals surface area contributed by atoms with Gasteiger partial charge < -0.3 is 9.80 Å². The summed E-state index contributed by atoms with van der Waals surface area (Å²) < 4.78 is 0. The predicted octanol–water partition coefficient (Wildman–Crippen LogP) is 3.26. The van der Waals surface area contributed by atoms with Crippen molar-refractivity contribution in [3.63, 3.8) is 0 Å². The maximum Gasteiger partial charge on any atom is 0.228 e. The first-order valence-electron chi connectivity index (χ1n) is 8.76. The van der Waals surface area contributed by atoms with Crippen LogP contribution in [0.2, 0.25) is 0 Å². The molecule has 25 heavy (non-hydrogen) atoms. The lowest BCUT2D eigenvalue weighted by Gasteiger charge is -2.21. The number of aryl methyl sites for hydroxylation is 1. The third-order valence-corrected chi connectivity index (χ3v) is 4.77. The van der Waals surface area contributed by atoms with Gasteiger partial charge in [0.05, 0.1) is 5.92 Å². The van der Waals surface area contributed by atoms with Crippen molar-refractivity contribution in [1.82, 2.24) is 4.90 Å². The Labute approximate surface area is 149 Å². The molecular formula is C21H24N2O2. The summed E-state index contributed by atoms with van der Waals surface area (Å²) in [6.45, 7) is 3.13. The third kappa shape index (κ3) is 3.90. The van der Waals surface area contributed by atoms with E-state index in [-0.39, 0.29) is 24.2 Å². The molecule has 130 valence electrons. The van der Waals surface area contributed by atoms with Crippen LogP contribution in [0.15, 0.2) is 54.6 Å². The van der Waals surface area contributed by atoms with Gasteiger partial charge in [-0.25, -0.2) is 0 Å². The van der Waals surface area contributed by atoms with Crippen molar-refractivity contribution >= 4 is 17.5 Å². The largest absolute Gasteiger partial charge is 0.341 e. The first-order chi connectivity index (χ1) is 12.1. The van der Waals surface area contributed by atoms with Crippen LogP contribution in [0.5, 0.6) is 0 Å². The fourth-order valence-corrected chi connectivity index (χ4v) is 3.28. The Morgan fingerprint density at radius 1 is 1.08 bits per heavy atom. The number of benzene rings is 2. The lowest BCUT2D eigenvalue weighted by molar-refractivity contribution is -0.135. The van der Waals surface area contributed by atoms with Crippen molar-refractivity contribution in [2.75, 3.05) is 18.5 Å². The summed E-state index contributed by atoms with van der Waals surface area (Å²) in [6, 6.07) is 17.9. The van der Waals surface area contributed by atoms with Gasteiger partial charge >= 0.3 is 0 Å². The molecule has 0 unspecified atom stereocenters. The van der Waals surface area contributed by atoms with Crippen LogP contribution >= 0.6 is 0 Å². The van der Waals surface area contributed by atoms with Crippen LogP contribution in [-0.4, -0.2) is 30.3 Å². The maximum atomic E-state index is 12.7. The van der Waals surface area contributed by atoms with E-state index in [2.05, 4.69) is 6.92 Å². The molecule has 0 saturated carbocycles. The van der Waals surface area contributed by atoms with Gasteiger partial charge in [0.15, 0.2) is 0 Å². The summed E-state index contributed by atoms with van der Waals surface area (Å²) in [5.74, 6) is -0.215. The molecule has 2 amide bonds. The van der Waals surface area contributed by atoms with E-state index in [1.807, 2.05) is 54.6 Å². The lowest BCUT2D eigenvalue weighted by Crippen LogP contribution is -2.34. The number of anilines is 1. The molecule has 4 nitrogen and oxygen atoms in total. The number of amides is 2. The van der Waals surface area contributed by atoms with Crippen LogP contribution in [0.1, 0.15) is 24.5 Å². The van der Waals surface area contributed by atoms with Crippen LogP contribution < -0.4 is 4.90 Å². The van der Waals surface area contributed by atoms with E-state index in [1.165, 1.54) is 5.56 Å². The number of hydrogen-bond acceptors (Lipinski definition) is 2. The topological polar surface area (TPSA) is 40.6 Å². The summed E-state index contributed by atoms with van der Waals surface area (Å²) >= 11 is 0. The quantitative estimate of drug-likeness (QED) is 0.841. The second-order valence-electron chi connectivity index (χ2n) is 6.61. The highest BCUT2D eigenvalue weighted by Gasteiger charge is 2.36. The van der Waals surface area contributed by atoms with Crippen molar-refractivity contribution in [3.8, 4) is 0 Å². The van der Waals surface area contributed by atoms with E-state index >= 15 is 0 Å². The molecule has 1 fully saturated rings. The van der Waals surface area contributed by atoms with Gasteiger partial charge in [-0.1, -0.05) is 49.4 Å². The van der Waals surface area contributed by atoms with E-state index in [0.29, 0.717) is 13.1 Å². The molecule has 1 saturated heterocycles. The molecule has 0 bridgehead atoms. The van der Waals surface area contributed by atoms with Crippen molar-refractivity contribution in [2.45, 2.75) is 26.3 Å². The van der Waals surface area contributed by atoms with E-state index in [1.54, 1.807) is 16.8 Å². The molecule has 3 rings (SSSR count). The predicted molar refractivity (Wildman–Crippen MR) is 99.2 cm³/mol. The monoisotopic (exact) mass is 336 g/mol. The Bertz CT molecular complexity index is 740. The number of carbonyl (C=O) groups is 2. The minimum Gasteiger partial charge on any atom is -0.341 e. The number of carbonyl (C=O) groups excluding carboxylic acids is 2. The summed E-state index contributed by atoms with van der Waals surface area (Å²) in [5.41, 5.74) is 3.21. The Kier molecular flexibility index (Phi) is 5.17. The zero-order valence-electron chi connectivity index (χ0n) is 14.8. The molecule has 4 heteroatoms. The van der Waals surface area contributed by atoms with Gasteiger partial charge in [-0.15, -0.1) is 0 Å². The van der Waals surface area contributed by atoms with Gasteiger partial charge in [-0.05, 0) is 29.7 Å². The molecule has 0 aliphatic carbocycles. The lowest BCUT2D eigenvalue weighted by atomic mass is 10.1. The smallest absolute Gasteiger partial charge is 0.228 e. The van der Waals surface area contributed by atoms with Crippen molar-refractivity contribution < 1.29 is 9.59 Å². The molecule has 1 atom stereocenters. The maximum absolute atomic E-state index is 12.7. The fourth-order valence-electron chi connectivity index (χ4n) is 3.28. The van der Waals surface area contributed by atoms with Gasteiger partial charge in [-0.3, -0.25) is 9.59 Å². The van der Waals surface area contributed by atoms with Crippen LogP contribution in [-0.2, 0) is 22.6 Å². The average molecular weight is 336 g/mol. The highest BCUT2D eigenvalue weighted by molar-refractivity contribution is 6.00. The van der Waals surface area contributed by atoms with Gasteiger partial charge in [0.25, 0.3) is 0 Å². The summed E-state index contributed by atoms with van der Waals surface area (Å²) in [6.07, 6.45) is 1.26. The molecule has 2 aromatic rings. The molecule has 0 N–H and O–H groups in total. The minimum atomic E-state index is -0.271. The highest BCUT2D eigenvalue weighted by Crippen LogP contribution is 2.26. The van der Waals surface area contributed by atoms with Gasteiger partial charge in [0, 0.05) is 32.2 Å². The number of rotatable bonds is 5. The van der Waals surface area contributed by atoms with Crippen LogP contribution in [0.25, 0.3) is 0 Å². The molecule has 1 heterocycles. The zero-order chi connectivity index (χ0) is 17.8. The van der Waals surface area contributed by atoms with Crippen molar-refractivity contribution in [3.05, 3.63) is 65.7 Å². The molecule has 0 aromatic heterocycles. The first kappa shape index (κ1) is 17.2. The Balaban J connectivity index is 1.65. The molecule has 0 spiro atoms.